The first-order chi connectivity index (χ1) is 11.4. The van der Waals surface area contributed by atoms with Crippen molar-refractivity contribution >= 4 is 5.78 Å². The fourth-order valence-corrected chi connectivity index (χ4v) is 2.74. The zero-order chi connectivity index (χ0) is 17.7. The Hall–Kier alpha value is -1.63. The van der Waals surface area contributed by atoms with Gasteiger partial charge in [-0.3, -0.25) is 9.69 Å². The van der Waals surface area contributed by atoms with Crippen LogP contribution in [-0.2, 0) is 4.74 Å². The smallest absolute Gasteiger partial charge is 0.161 e. The highest BCUT2D eigenvalue weighted by atomic mass is 16.5. The fourth-order valence-electron chi connectivity index (χ4n) is 2.74. The molecule has 0 bridgehead atoms. The van der Waals surface area contributed by atoms with E-state index >= 15 is 0 Å². The summed E-state index contributed by atoms with van der Waals surface area (Å²) >= 11 is 0. The number of morpholine rings is 1. The zero-order valence-electron chi connectivity index (χ0n) is 14.8. The highest BCUT2D eigenvalue weighted by Gasteiger charge is 2.25. The lowest BCUT2D eigenvalue weighted by atomic mass is 10.1. The summed E-state index contributed by atoms with van der Waals surface area (Å²) in [6.07, 6.45) is -0.441. The van der Waals surface area contributed by atoms with Crippen LogP contribution < -0.4 is 9.47 Å². The van der Waals surface area contributed by atoms with Gasteiger partial charge in [-0.05, 0) is 39.0 Å². The van der Waals surface area contributed by atoms with Crippen molar-refractivity contribution in [3.63, 3.8) is 0 Å². The van der Waals surface area contributed by atoms with Crippen molar-refractivity contribution in [3.8, 4) is 11.5 Å². The number of ether oxygens (including phenoxy) is 3. The quantitative estimate of drug-likeness (QED) is 0.765. The van der Waals surface area contributed by atoms with Gasteiger partial charge in [0, 0.05) is 24.7 Å². The van der Waals surface area contributed by atoms with Crippen molar-refractivity contribution in [1.82, 2.24) is 4.90 Å². The van der Waals surface area contributed by atoms with Gasteiger partial charge in [0.1, 0.15) is 12.7 Å². The number of carbonyl (C=O) groups is 1. The number of hydrogen-bond donors (Lipinski definition) is 1. The van der Waals surface area contributed by atoms with Crippen molar-refractivity contribution in [2.75, 3.05) is 33.4 Å². The lowest BCUT2D eigenvalue weighted by Gasteiger charge is -2.37. The Bertz CT molecular complexity index is 562. The summed E-state index contributed by atoms with van der Waals surface area (Å²) in [5.74, 6) is 0.975. The van der Waals surface area contributed by atoms with E-state index in [1.54, 1.807) is 18.2 Å². The summed E-state index contributed by atoms with van der Waals surface area (Å²) in [5, 5.41) is 10.3. The monoisotopic (exact) mass is 337 g/mol. The Balaban J connectivity index is 1.91. The Kier molecular flexibility index (Phi) is 6.60. The minimum absolute atomic E-state index is 0.0321. The molecule has 1 N–H and O–H groups in total. The largest absolute Gasteiger partial charge is 0.493 e. The molecule has 3 atom stereocenters. The molecular weight excluding hydrogens is 310 g/mol. The highest BCUT2D eigenvalue weighted by Crippen LogP contribution is 2.28. The number of Topliss-reactive ketones (excluding diaryl/α,β-unsaturated/α-hetero) is 1. The number of rotatable bonds is 7. The third kappa shape index (κ3) is 4.93. The van der Waals surface area contributed by atoms with Gasteiger partial charge in [-0.25, -0.2) is 0 Å². The van der Waals surface area contributed by atoms with Gasteiger partial charge in [0.25, 0.3) is 0 Å². The molecule has 1 aliphatic heterocycles. The van der Waals surface area contributed by atoms with Crippen molar-refractivity contribution in [2.45, 2.75) is 39.0 Å². The third-order valence-electron chi connectivity index (χ3n) is 4.18. The van der Waals surface area contributed by atoms with E-state index in [0.29, 0.717) is 30.2 Å². The predicted octanol–water partition coefficient (Wildman–Crippen LogP) is 1.75. The molecule has 1 saturated heterocycles. The van der Waals surface area contributed by atoms with Gasteiger partial charge < -0.3 is 19.3 Å². The minimum atomic E-state index is -0.616. The summed E-state index contributed by atoms with van der Waals surface area (Å²) in [4.78, 5) is 13.6. The Morgan fingerprint density at radius 3 is 2.83 bits per heavy atom. The summed E-state index contributed by atoms with van der Waals surface area (Å²) in [5.41, 5.74) is 0.566. The molecule has 0 radical (unpaired) electrons. The van der Waals surface area contributed by atoms with Gasteiger partial charge in [-0.1, -0.05) is 0 Å². The number of methoxy groups -OCH3 is 1. The number of aliphatic hydroxyl groups is 1. The minimum Gasteiger partial charge on any atom is -0.493 e. The molecule has 0 amide bonds. The van der Waals surface area contributed by atoms with Crippen molar-refractivity contribution < 1.29 is 24.1 Å². The van der Waals surface area contributed by atoms with Crippen LogP contribution in [0.5, 0.6) is 11.5 Å². The number of nitrogens with zero attached hydrogens (tertiary/aromatic N) is 1. The number of aliphatic hydroxyl groups excluding tert-OH is 1. The Labute approximate surface area is 143 Å². The van der Waals surface area contributed by atoms with Crippen LogP contribution in [-0.4, -0.2) is 67.5 Å². The molecule has 6 heteroatoms. The summed E-state index contributed by atoms with van der Waals surface area (Å²) < 4.78 is 16.5. The van der Waals surface area contributed by atoms with Crippen molar-refractivity contribution in [1.29, 1.82) is 0 Å². The molecule has 1 heterocycles. The van der Waals surface area contributed by atoms with Gasteiger partial charge >= 0.3 is 0 Å². The lowest BCUT2D eigenvalue weighted by molar-refractivity contribution is -0.0650. The molecule has 0 aromatic heterocycles. The van der Waals surface area contributed by atoms with Gasteiger partial charge in [0.15, 0.2) is 17.3 Å². The SMILES string of the molecule is COc1cc(C(C)=O)ccc1OCC(O)CN1CC(C)OCC1C. The summed E-state index contributed by atoms with van der Waals surface area (Å²) in [7, 11) is 1.53. The molecule has 0 spiro atoms. The molecule has 24 heavy (non-hydrogen) atoms. The van der Waals surface area contributed by atoms with Gasteiger partial charge in [0.05, 0.1) is 19.8 Å². The van der Waals surface area contributed by atoms with Crippen LogP contribution in [0.3, 0.4) is 0 Å². The molecule has 0 aliphatic carbocycles. The van der Waals surface area contributed by atoms with Gasteiger partial charge in [-0.2, -0.15) is 0 Å². The van der Waals surface area contributed by atoms with Crippen LogP contribution >= 0.6 is 0 Å². The standard InChI is InChI=1S/C18H27NO5/c1-12-10-23-13(2)8-19(12)9-16(21)11-24-17-6-5-15(14(3)20)7-18(17)22-4/h5-7,12-13,16,21H,8-11H2,1-4H3. The lowest BCUT2D eigenvalue weighted by Crippen LogP contribution is -2.50. The van der Waals surface area contributed by atoms with E-state index in [-0.39, 0.29) is 24.5 Å². The first kappa shape index (κ1) is 18.7. The maximum Gasteiger partial charge on any atom is 0.161 e. The van der Waals surface area contributed by atoms with E-state index in [2.05, 4.69) is 11.8 Å². The molecule has 1 aromatic carbocycles. The van der Waals surface area contributed by atoms with E-state index in [0.717, 1.165) is 6.54 Å². The van der Waals surface area contributed by atoms with E-state index in [4.69, 9.17) is 14.2 Å². The molecule has 6 nitrogen and oxygen atoms in total. The first-order valence-corrected chi connectivity index (χ1v) is 8.26. The number of carbonyl (C=O) groups excluding carboxylic acids is 1. The summed E-state index contributed by atoms with van der Waals surface area (Å²) in [6, 6.07) is 5.32. The van der Waals surface area contributed by atoms with E-state index < -0.39 is 6.10 Å². The predicted molar refractivity (Wildman–Crippen MR) is 90.9 cm³/mol. The van der Waals surface area contributed by atoms with Gasteiger partial charge in [-0.15, -0.1) is 0 Å². The number of ketones is 1. The molecular formula is C18H27NO5. The number of β-amino-alcohol motifs (C(OH)–C–C–N with tert-alkyl or cyclic N) is 1. The van der Waals surface area contributed by atoms with Crippen molar-refractivity contribution in [2.24, 2.45) is 0 Å². The molecule has 0 saturated carbocycles. The van der Waals surface area contributed by atoms with Crippen LogP contribution in [0.2, 0.25) is 0 Å². The summed E-state index contributed by atoms with van der Waals surface area (Å²) in [6.45, 7) is 7.79. The van der Waals surface area contributed by atoms with Crippen LogP contribution in [0.15, 0.2) is 18.2 Å². The average Bonchev–Trinajstić information content (AvgIpc) is 2.56. The maximum absolute atomic E-state index is 11.4. The fraction of sp³-hybridized carbons (Fsp3) is 0.611. The normalized spacial score (nSPS) is 22.9. The maximum atomic E-state index is 11.4. The number of benzene rings is 1. The topological polar surface area (TPSA) is 68.2 Å². The molecule has 1 aromatic rings. The van der Waals surface area contributed by atoms with Crippen LogP contribution in [0.4, 0.5) is 0 Å². The average molecular weight is 337 g/mol. The molecule has 134 valence electrons. The second-order valence-corrected chi connectivity index (χ2v) is 6.33. The van der Waals surface area contributed by atoms with E-state index in [1.807, 2.05) is 6.92 Å². The Morgan fingerprint density at radius 2 is 2.17 bits per heavy atom. The van der Waals surface area contributed by atoms with Crippen LogP contribution in [0.1, 0.15) is 31.1 Å². The number of hydrogen-bond acceptors (Lipinski definition) is 6. The van der Waals surface area contributed by atoms with Crippen molar-refractivity contribution in [3.05, 3.63) is 23.8 Å². The molecule has 1 aliphatic rings. The molecule has 1 fully saturated rings. The zero-order valence-corrected chi connectivity index (χ0v) is 14.8. The first-order valence-electron chi connectivity index (χ1n) is 8.26. The molecule has 3 unspecified atom stereocenters. The second-order valence-electron chi connectivity index (χ2n) is 6.33. The van der Waals surface area contributed by atoms with E-state index in [9.17, 15) is 9.90 Å². The third-order valence-corrected chi connectivity index (χ3v) is 4.18. The van der Waals surface area contributed by atoms with E-state index in [1.165, 1.54) is 14.0 Å². The second kappa shape index (κ2) is 8.46. The highest BCUT2D eigenvalue weighted by molar-refractivity contribution is 5.94. The van der Waals surface area contributed by atoms with Crippen LogP contribution in [0.25, 0.3) is 0 Å². The van der Waals surface area contributed by atoms with Gasteiger partial charge in [0.2, 0.25) is 0 Å². The molecule has 2 rings (SSSR count). The Morgan fingerprint density at radius 1 is 1.42 bits per heavy atom. The van der Waals surface area contributed by atoms with Crippen LogP contribution in [0, 0.1) is 0 Å².